The van der Waals surface area contributed by atoms with E-state index in [0.29, 0.717) is 40.3 Å². The van der Waals surface area contributed by atoms with E-state index in [-0.39, 0.29) is 11.5 Å². The zero-order valence-corrected chi connectivity index (χ0v) is 26.4. The molecule has 0 saturated carbocycles. The van der Waals surface area contributed by atoms with E-state index in [1.165, 1.54) is 12.1 Å². The zero-order chi connectivity index (χ0) is 31.1. The average Bonchev–Trinajstić information content (AvgIpc) is 3.78. The van der Waals surface area contributed by atoms with Crippen LogP contribution in [-0.4, -0.2) is 33.1 Å². The van der Waals surface area contributed by atoms with Gasteiger partial charge in [-0.1, -0.05) is 41.5 Å². The van der Waals surface area contributed by atoms with Crippen molar-refractivity contribution < 1.29 is 10.2 Å². The number of phenolic OH excluding ortho intramolecular Hbond substituents is 2. The second-order valence-corrected chi connectivity index (χ2v) is 13.2. The Morgan fingerprint density at radius 1 is 0.500 bits per heavy atom. The van der Waals surface area contributed by atoms with Crippen LogP contribution in [0.15, 0.2) is 126 Å². The molecule has 44 heavy (non-hydrogen) atoms. The van der Waals surface area contributed by atoms with Gasteiger partial charge >= 0.3 is 0 Å². The largest absolute Gasteiger partial charge is 0.508 e. The summed E-state index contributed by atoms with van der Waals surface area (Å²) in [7, 11) is 0. The molecule has 2 N–H and O–H groups in total. The van der Waals surface area contributed by atoms with Gasteiger partial charge < -0.3 is 10.2 Å². The minimum Gasteiger partial charge on any atom is -0.508 e. The number of phenols is 2. The van der Waals surface area contributed by atoms with Gasteiger partial charge in [-0.15, -0.1) is 0 Å². The predicted octanol–water partition coefficient (Wildman–Crippen LogP) is 8.77. The van der Waals surface area contributed by atoms with Crippen LogP contribution >= 0.6 is 0 Å². The summed E-state index contributed by atoms with van der Waals surface area (Å²) in [5, 5.41) is 21.4. The highest BCUT2D eigenvalue weighted by molar-refractivity contribution is 6.33. The summed E-state index contributed by atoms with van der Waals surface area (Å²) in [6.45, 7) is 13.3. The third-order valence-corrected chi connectivity index (χ3v) is 8.01. The highest BCUT2D eigenvalue weighted by Crippen LogP contribution is 2.39. The number of nitrogens with zero attached hydrogens (tertiary/aromatic N) is 4. The van der Waals surface area contributed by atoms with Crippen LogP contribution < -0.4 is 0 Å². The van der Waals surface area contributed by atoms with Gasteiger partial charge in [-0.05, 0) is 104 Å². The first kappa shape index (κ1) is 29.5. The molecule has 5 aliphatic heterocycles. The van der Waals surface area contributed by atoms with Gasteiger partial charge in [0.15, 0.2) is 0 Å². The molecular weight excluding hydrogens is 544 g/mol. The molecule has 6 nitrogen and oxygen atoms in total. The molecule has 5 heterocycles. The molecule has 224 valence electrons. The lowest BCUT2D eigenvalue weighted by atomic mass is 9.97. The number of allylic oxidation sites excluding steroid dienone is 12. The Labute approximate surface area is 260 Å². The molecule has 0 saturated heterocycles. The van der Waals surface area contributed by atoms with Gasteiger partial charge in [0.1, 0.15) is 11.5 Å². The first-order valence-corrected chi connectivity index (χ1v) is 15.6. The number of aromatic hydroxyl groups is 2. The maximum Gasteiger partial charge on any atom is 0.123 e. The van der Waals surface area contributed by atoms with Crippen LogP contribution in [0.1, 0.15) is 66.4 Å². The molecule has 0 spiro atoms. The smallest absolute Gasteiger partial charge is 0.123 e. The Kier molecular flexibility index (Phi) is 7.93. The molecule has 1 aromatic rings. The van der Waals surface area contributed by atoms with Gasteiger partial charge in [-0.3, -0.25) is 0 Å². The standard InChI is InChI=1S/C38H40N4O2/c1-21(2)17-25-29-8-10-31(39-29)26(18-22(3)4)33-12-14-35(41-33)38(28-20-24(43)7-16-37(28)44)36-15-13-34(42-36)27(19-23(5)6)32-11-9-30(25)40-32/h7-16,20-23,43-44H,17-19H2,1-6H3. The number of hydrogen-bond donors (Lipinski definition) is 2. The van der Waals surface area contributed by atoms with Crippen LogP contribution in [0.5, 0.6) is 11.5 Å². The molecule has 0 unspecified atom stereocenters. The number of fused-ring (bicyclic) bond motifs is 4. The van der Waals surface area contributed by atoms with E-state index in [4.69, 9.17) is 20.0 Å². The molecule has 8 bridgehead atoms. The maximum atomic E-state index is 11.0. The highest BCUT2D eigenvalue weighted by Gasteiger charge is 2.27. The minimum atomic E-state index is 0.0528. The van der Waals surface area contributed by atoms with Crippen LogP contribution in [0.2, 0.25) is 0 Å². The van der Waals surface area contributed by atoms with Crippen LogP contribution in [0, 0.1) is 17.8 Å². The van der Waals surface area contributed by atoms with Gasteiger partial charge in [0.2, 0.25) is 0 Å². The summed E-state index contributed by atoms with van der Waals surface area (Å²) in [4.78, 5) is 20.7. The first-order chi connectivity index (χ1) is 21.1. The quantitative estimate of drug-likeness (QED) is 0.314. The molecule has 0 amide bonds. The SMILES string of the molecule is CC(C)CC1=C2C=CC(=N2)C(CC(C)C)=C2C=CC(=N2)C(c2cc(O)ccc2O)=C2C=CC(=N2)C(CC(C)C)=C2C=CC1=N2. The van der Waals surface area contributed by atoms with Crippen LogP contribution in [0.3, 0.4) is 0 Å². The van der Waals surface area contributed by atoms with Gasteiger partial charge in [0.05, 0.1) is 45.6 Å². The third kappa shape index (κ3) is 5.81. The van der Waals surface area contributed by atoms with Crippen molar-refractivity contribution in [2.75, 3.05) is 0 Å². The molecule has 0 radical (unpaired) electrons. The number of benzene rings is 1. The molecule has 6 rings (SSSR count). The molecule has 5 aliphatic rings. The molecule has 0 fully saturated rings. The third-order valence-electron chi connectivity index (χ3n) is 8.01. The van der Waals surface area contributed by atoms with E-state index in [1.807, 2.05) is 24.3 Å². The topological polar surface area (TPSA) is 89.9 Å². The lowest BCUT2D eigenvalue weighted by molar-refractivity contribution is 0.459. The summed E-state index contributed by atoms with van der Waals surface area (Å²) in [6.07, 6.45) is 19.0. The van der Waals surface area contributed by atoms with Crippen molar-refractivity contribution in [3.05, 3.63) is 112 Å². The number of aliphatic imine (C=N–C) groups is 4. The Morgan fingerprint density at radius 2 is 0.886 bits per heavy atom. The van der Waals surface area contributed by atoms with E-state index >= 15 is 0 Å². The fourth-order valence-electron chi connectivity index (χ4n) is 6.11. The van der Waals surface area contributed by atoms with E-state index in [9.17, 15) is 10.2 Å². The number of hydrogen-bond acceptors (Lipinski definition) is 6. The molecule has 0 aromatic heterocycles. The maximum absolute atomic E-state index is 11.0. The summed E-state index contributed by atoms with van der Waals surface area (Å²) in [5.41, 5.74) is 11.2. The van der Waals surface area contributed by atoms with Crippen molar-refractivity contribution in [3.8, 4) is 11.5 Å². The summed E-state index contributed by atoms with van der Waals surface area (Å²) < 4.78 is 0. The van der Waals surface area contributed by atoms with E-state index in [0.717, 1.165) is 70.2 Å². The van der Waals surface area contributed by atoms with Crippen molar-refractivity contribution >= 4 is 28.4 Å². The Hall–Kier alpha value is -4.58. The second kappa shape index (κ2) is 11.8. The van der Waals surface area contributed by atoms with Crippen LogP contribution in [0.4, 0.5) is 0 Å². The summed E-state index contributed by atoms with van der Waals surface area (Å²) >= 11 is 0. The fraction of sp³-hybridized carbons (Fsp3) is 0.316. The van der Waals surface area contributed by atoms with Crippen molar-refractivity contribution in [3.63, 3.8) is 0 Å². The molecule has 0 aliphatic carbocycles. The van der Waals surface area contributed by atoms with Crippen molar-refractivity contribution in [1.82, 2.24) is 0 Å². The van der Waals surface area contributed by atoms with E-state index in [1.54, 1.807) is 6.07 Å². The summed E-state index contributed by atoms with van der Waals surface area (Å²) in [6, 6.07) is 4.56. The van der Waals surface area contributed by atoms with E-state index < -0.39 is 0 Å². The van der Waals surface area contributed by atoms with E-state index in [2.05, 4.69) is 65.8 Å². The fourth-order valence-corrected chi connectivity index (χ4v) is 6.11. The molecule has 0 atom stereocenters. The lowest BCUT2D eigenvalue weighted by Gasteiger charge is -2.14. The Morgan fingerprint density at radius 3 is 1.34 bits per heavy atom. The number of rotatable bonds is 7. The van der Waals surface area contributed by atoms with Crippen LogP contribution in [0.25, 0.3) is 5.57 Å². The molecule has 6 heteroatoms. The predicted molar refractivity (Wildman–Crippen MR) is 182 cm³/mol. The van der Waals surface area contributed by atoms with Crippen molar-refractivity contribution in [2.24, 2.45) is 37.7 Å². The van der Waals surface area contributed by atoms with Gasteiger partial charge in [-0.25, -0.2) is 20.0 Å². The van der Waals surface area contributed by atoms with Gasteiger partial charge in [0.25, 0.3) is 0 Å². The highest BCUT2D eigenvalue weighted by atomic mass is 16.3. The Bertz CT molecular complexity index is 1800. The average molecular weight is 585 g/mol. The Balaban J connectivity index is 1.67. The van der Waals surface area contributed by atoms with Crippen molar-refractivity contribution in [2.45, 2.75) is 60.8 Å². The lowest BCUT2D eigenvalue weighted by Crippen LogP contribution is -2.07. The minimum absolute atomic E-state index is 0.0528. The monoisotopic (exact) mass is 584 g/mol. The molecule has 1 aromatic carbocycles. The van der Waals surface area contributed by atoms with Crippen LogP contribution in [-0.2, 0) is 0 Å². The summed E-state index contributed by atoms with van der Waals surface area (Å²) in [5.74, 6) is 1.34. The zero-order valence-electron chi connectivity index (χ0n) is 26.4. The first-order valence-electron chi connectivity index (χ1n) is 15.6. The molecular formula is C38H40N4O2. The van der Waals surface area contributed by atoms with Crippen molar-refractivity contribution in [1.29, 1.82) is 0 Å². The van der Waals surface area contributed by atoms with Gasteiger partial charge in [0, 0.05) is 27.9 Å². The normalized spacial score (nSPS) is 19.1. The second-order valence-electron chi connectivity index (χ2n) is 13.2. The van der Waals surface area contributed by atoms with Gasteiger partial charge in [-0.2, -0.15) is 0 Å².